The molecule has 0 saturated heterocycles. The van der Waals surface area contributed by atoms with Crippen molar-refractivity contribution in [2.75, 3.05) is 5.73 Å². The second kappa shape index (κ2) is 5.08. The van der Waals surface area contributed by atoms with E-state index in [9.17, 15) is 4.79 Å². The van der Waals surface area contributed by atoms with Crippen molar-refractivity contribution in [2.24, 2.45) is 11.1 Å². The molecule has 94 valence electrons. The Morgan fingerprint density at radius 1 is 1.29 bits per heavy atom. The van der Waals surface area contributed by atoms with Crippen LogP contribution in [0.15, 0.2) is 24.3 Å². The molecule has 1 amide bonds. The van der Waals surface area contributed by atoms with Crippen molar-refractivity contribution in [3.63, 3.8) is 0 Å². The molecular weight excluding hydrogens is 216 g/mol. The largest absolute Gasteiger partial charge is 0.445 e. The molecule has 0 spiro atoms. The maximum Gasteiger partial charge on any atom is 0.404 e. The van der Waals surface area contributed by atoms with Crippen molar-refractivity contribution in [2.45, 2.75) is 33.3 Å². The number of nitrogen functional groups attached to an aromatic ring is 1. The number of rotatable bonds is 3. The Kier molecular flexibility index (Phi) is 3.99. The molecule has 0 aliphatic carbocycles. The lowest BCUT2D eigenvalue weighted by Crippen LogP contribution is -2.35. The number of hydrogen-bond acceptors (Lipinski definition) is 3. The highest BCUT2D eigenvalue weighted by molar-refractivity contribution is 5.64. The third-order valence-electron chi connectivity index (χ3n) is 2.63. The monoisotopic (exact) mass is 236 g/mol. The maximum absolute atomic E-state index is 10.9. The molecule has 0 aliphatic rings. The quantitative estimate of drug-likeness (QED) is 0.790. The van der Waals surface area contributed by atoms with Crippen LogP contribution in [-0.4, -0.2) is 12.2 Å². The molecule has 0 bridgehead atoms. The van der Waals surface area contributed by atoms with Gasteiger partial charge in [0.15, 0.2) is 0 Å². The standard InChI is InChI=1S/C13H20N2O2/c1-13(2,3)11(17-12(15)16)8-9-4-6-10(14)7-5-9/h4-7,11H,8,14H2,1-3H3,(H2,15,16). The predicted octanol–water partition coefficient (Wildman–Crippen LogP) is 2.32. The van der Waals surface area contributed by atoms with Crippen LogP contribution in [-0.2, 0) is 11.2 Å². The third-order valence-corrected chi connectivity index (χ3v) is 2.63. The molecule has 1 unspecified atom stereocenters. The van der Waals surface area contributed by atoms with Crippen molar-refractivity contribution in [1.29, 1.82) is 0 Å². The lowest BCUT2D eigenvalue weighted by molar-refractivity contribution is 0.0374. The molecule has 1 rings (SSSR count). The summed E-state index contributed by atoms with van der Waals surface area (Å²) in [5, 5.41) is 0. The Labute approximate surface area is 102 Å². The van der Waals surface area contributed by atoms with Crippen LogP contribution < -0.4 is 11.5 Å². The average molecular weight is 236 g/mol. The highest BCUT2D eigenvalue weighted by Gasteiger charge is 2.27. The zero-order chi connectivity index (χ0) is 13.1. The van der Waals surface area contributed by atoms with Crippen LogP contribution in [0.25, 0.3) is 0 Å². The Balaban J connectivity index is 2.79. The molecule has 1 aromatic carbocycles. The minimum Gasteiger partial charge on any atom is -0.445 e. The zero-order valence-electron chi connectivity index (χ0n) is 10.6. The normalized spacial score (nSPS) is 13.1. The van der Waals surface area contributed by atoms with Gasteiger partial charge < -0.3 is 16.2 Å². The maximum atomic E-state index is 10.9. The smallest absolute Gasteiger partial charge is 0.404 e. The first-order chi connectivity index (χ1) is 7.79. The summed E-state index contributed by atoms with van der Waals surface area (Å²) in [7, 11) is 0. The molecule has 1 atom stereocenters. The Morgan fingerprint density at radius 2 is 1.82 bits per heavy atom. The summed E-state index contributed by atoms with van der Waals surface area (Å²) in [4.78, 5) is 10.9. The predicted molar refractivity (Wildman–Crippen MR) is 68.5 cm³/mol. The van der Waals surface area contributed by atoms with Gasteiger partial charge in [0.05, 0.1) is 0 Å². The summed E-state index contributed by atoms with van der Waals surface area (Å²) >= 11 is 0. The molecule has 4 nitrogen and oxygen atoms in total. The Morgan fingerprint density at radius 3 is 2.24 bits per heavy atom. The molecule has 0 radical (unpaired) electrons. The summed E-state index contributed by atoms with van der Waals surface area (Å²) in [6.45, 7) is 6.04. The van der Waals surface area contributed by atoms with Crippen molar-refractivity contribution in [3.05, 3.63) is 29.8 Å². The van der Waals surface area contributed by atoms with E-state index in [1.807, 2.05) is 45.0 Å². The molecule has 4 N–H and O–H groups in total. The fraction of sp³-hybridized carbons (Fsp3) is 0.462. The SMILES string of the molecule is CC(C)(C)C(Cc1ccc(N)cc1)OC(N)=O. The minimum absolute atomic E-state index is 0.156. The average Bonchev–Trinajstić information content (AvgIpc) is 2.18. The third kappa shape index (κ3) is 4.34. The fourth-order valence-electron chi connectivity index (χ4n) is 1.53. The lowest BCUT2D eigenvalue weighted by atomic mass is 9.85. The van der Waals surface area contributed by atoms with E-state index >= 15 is 0 Å². The van der Waals surface area contributed by atoms with Crippen molar-refractivity contribution >= 4 is 11.8 Å². The first-order valence-corrected chi connectivity index (χ1v) is 5.59. The first-order valence-electron chi connectivity index (χ1n) is 5.59. The summed E-state index contributed by atoms with van der Waals surface area (Å²) in [6, 6.07) is 7.52. The number of hydrogen-bond donors (Lipinski definition) is 2. The van der Waals surface area contributed by atoms with Gasteiger partial charge in [-0.15, -0.1) is 0 Å². The second-order valence-corrected chi connectivity index (χ2v) is 5.24. The number of ether oxygens (including phenoxy) is 1. The van der Waals surface area contributed by atoms with E-state index in [0.29, 0.717) is 6.42 Å². The van der Waals surface area contributed by atoms with E-state index in [-0.39, 0.29) is 11.5 Å². The number of benzene rings is 1. The second-order valence-electron chi connectivity index (χ2n) is 5.24. The zero-order valence-corrected chi connectivity index (χ0v) is 10.6. The molecular formula is C13H20N2O2. The molecule has 0 heterocycles. The van der Waals surface area contributed by atoms with Crippen molar-refractivity contribution in [3.8, 4) is 0 Å². The van der Waals surface area contributed by atoms with Gasteiger partial charge in [0.25, 0.3) is 0 Å². The summed E-state index contributed by atoms with van der Waals surface area (Å²) in [6.07, 6.45) is -0.351. The molecule has 0 fully saturated rings. The van der Waals surface area contributed by atoms with Crippen LogP contribution in [0.1, 0.15) is 26.3 Å². The lowest BCUT2D eigenvalue weighted by Gasteiger charge is -2.29. The van der Waals surface area contributed by atoms with Crippen LogP contribution >= 0.6 is 0 Å². The van der Waals surface area contributed by atoms with Gasteiger partial charge in [0, 0.05) is 12.1 Å². The summed E-state index contributed by atoms with van der Waals surface area (Å²) in [5.41, 5.74) is 12.3. The van der Waals surface area contributed by atoms with Gasteiger partial charge in [-0.05, 0) is 23.1 Å². The van der Waals surface area contributed by atoms with Crippen LogP contribution in [0.3, 0.4) is 0 Å². The Bertz CT molecular complexity index is 379. The summed E-state index contributed by atoms with van der Waals surface area (Å²) < 4.78 is 5.16. The van der Waals surface area contributed by atoms with Gasteiger partial charge in [0.2, 0.25) is 0 Å². The van der Waals surface area contributed by atoms with E-state index < -0.39 is 6.09 Å². The topological polar surface area (TPSA) is 78.3 Å². The Hall–Kier alpha value is -1.71. The fourth-order valence-corrected chi connectivity index (χ4v) is 1.53. The van der Waals surface area contributed by atoms with Gasteiger partial charge in [-0.25, -0.2) is 4.79 Å². The number of primary amides is 1. The number of carbonyl (C=O) groups excluding carboxylic acids is 1. The molecule has 1 aromatic rings. The molecule has 4 heteroatoms. The first kappa shape index (κ1) is 13.4. The molecule has 17 heavy (non-hydrogen) atoms. The van der Waals surface area contributed by atoms with Crippen LogP contribution in [0, 0.1) is 5.41 Å². The minimum atomic E-state index is -0.736. The van der Waals surface area contributed by atoms with Gasteiger partial charge in [-0.3, -0.25) is 0 Å². The van der Waals surface area contributed by atoms with Crippen molar-refractivity contribution < 1.29 is 9.53 Å². The van der Waals surface area contributed by atoms with Gasteiger partial charge in [-0.1, -0.05) is 32.9 Å². The number of anilines is 1. The van der Waals surface area contributed by atoms with Crippen LogP contribution in [0.4, 0.5) is 10.5 Å². The molecule has 0 saturated carbocycles. The number of carbonyl (C=O) groups is 1. The van der Waals surface area contributed by atoms with Crippen molar-refractivity contribution in [1.82, 2.24) is 0 Å². The van der Waals surface area contributed by atoms with E-state index in [1.165, 1.54) is 0 Å². The highest BCUT2D eigenvalue weighted by Crippen LogP contribution is 2.25. The molecule has 0 aliphatic heterocycles. The van der Waals surface area contributed by atoms with Gasteiger partial charge in [0.1, 0.15) is 6.10 Å². The van der Waals surface area contributed by atoms with E-state index in [2.05, 4.69) is 0 Å². The van der Waals surface area contributed by atoms with Crippen LogP contribution in [0.5, 0.6) is 0 Å². The molecule has 0 aromatic heterocycles. The number of amides is 1. The van der Waals surface area contributed by atoms with E-state index in [0.717, 1.165) is 11.3 Å². The van der Waals surface area contributed by atoms with Gasteiger partial charge >= 0.3 is 6.09 Å². The summed E-state index contributed by atoms with van der Waals surface area (Å²) in [5.74, 6) is 0. The van der Waals surface area contributed by atoms with E-state index in [4.69, 9.17) is 16.2 Å². The van der Waals surface area contributed by atoms with Crippen LogP contribution in [0.2, 0.25) is 0 Å². The highest BCUT2D eigenvalue weighted by atomic mass is 16.6. The van der Waals surface area contributed by atoms with E-state index in [1.54, 1.807) is 0 Å². The number of nitrogens with two attached hydrogens (primary N) is 2. The van der Waals surface area contributed by atoms with Gasteiger partial charge in [-0.2, -0.15) is 0 Å².